The van der Waals surface area contributed by atoms with Crippen LogP contribution < -0.4 is 5.32 Å². The van der Waals surface area contributed by atoms with Gasteiger partial charge in [-0.2, -0.15) is 0 Å². The molecule has 0 heterocycles. The van der Waals surface area contributed by atoms with Crippen molar-refractivity contribution >= 4 is 23.0 Å². The third-order valence-electron chi connectivity index (χ3n) is 2.64. The SMILES string of the molecule is O=[N+]([O-])c1ccc(NCc2cc(F)ccc2F)cc1Cl. The van der Waals surface area contributed by atoms with E-state index in [4.69, 9.17) is 11.6 Å². The summed E-state index contributed by atoms with van der Waals surface area (Å²) < 4.78 is 26.4. The predicted molar refractivity (Wildman–Crippen MR) is 71.8 cm³/mol. The fraction of sp³-hybridized carbons (Fsp3) is 0.0769. The molecule has 0 unspecified atom stereocenters. The van der Waals surface area contributed by atoms with E-state index in [-0.39, 0.29) is 22.8 Å². The molecule has 0 aliphatic carbocycles. The molecule has 7 heteroatoms. The van der Waals surface area contributed by atoms with Crippen LogP contribution in [0.5, 0.6) is 0 Å². The Morgan fingerprint density at radius 3 is 2.60 bits per heavy atom. The Labute approximate surface area is 118 Å². The first-order valence-corrected chi connectivity index (χ1v) is 5.97. The minimum absolute atomic E-state index is 0.0280. The van der Waals surface area contributed by atoms with E-state index < -0.39 is 16.6 Å². The van der Waals surface area contributed by atoms with Gasteiger partial charge in [0.25, 0.3) is 5.69 Å². The van der Waals surface area contributed by atoms with Crippen LogP contribution in [0.2, 0.25) is 5.02 Å². The molecule has 0 aliphatic rings. The molecule has 0 bridgehead atoms. The van der Waals surface area contributed by atoms with E-state index in [0.717, 1.165) is 18.2 Å². The standard InChI is InChI=1S/C13H9ClF2N2O2/c14-11-6-10(2-4-13(11)18(19)20)17-7-8-5-9(15)1-3-12(8)16/h1-6,17H,7H2. The molecule has 0 amide bonds. The summed E-state index contributed by atoms with van der Waals surface area (Å²) in [7, 11) is 0. The van der Waals surface area contributed by atoms with Gasteiger partial charge in [-0.05, 0) is 30.3 Å². The van der Waals surface area contributed by atoms with Gasteiger partial charge in [0.1, 0.15) is 16.7 Å². The highest BCUT2D eigenvalue weighted by Gasteiger charge is 2.12. The van der Waals surface area contributed by atoms with E-state index >= 15 is 0 Å². The highest BCUT2D eigenvalue weighted by atomic mass is 35.5. The molecule has 0 saturated carbocycles. The van der Waals surface area contributed by atoms with Crippen LogP contribution in [0.1, 0.15) is 5.56 Å². The zero-order chi connectivity index (χ0) is 14.7. The molecule has 2 rings (SSSR count). The molecule has 0 atom stereocenters. The van der Waals surface area contributed by atoms with Crippen molar-refractivity contribution in [2.24, 2.45) is 0 Å². The van der Waals surface area contributed by atoms with Crippen LogP contribution >= 0.6 is 11.6 Å². The summed E-state index contributed by atoms with van der Waals surface area (Å²) in [6, 6.07) is 7.19. The average molecular weight is 299 g/mol. The number of halogens is 3. The summed E-state index contributed by atoms with van der Waals surface area (Å²) >= 11 is 5.75. The molecule has 0 spiro atoms. The van der Waals surface area contributed by atoms with Gasteiger partial charge in [-0.15, -0.1) is 0 Å². The number of hydrogen-bond donors (Lipinski definition) is 1. The monoisotopic (exact) mass is 298 g/mol. The lowest BCUT2D eigenvalue weighted by molar-refractivity contribution is -0.384. The zero-order valence-corrected chi connectivity index (χ0v) is 10.8. The normalized spacial score (nSPS) is 10.3. The quantitative estimate of drug-likeness (QED) is 0.682. The first-order valence-electron chi connectivity index (χ1n) is 5.59. The Balaban J connectivity index is 2.13. The van der Waals surface area contributed by atoms with Gasteiger partial charge in [-0.3, -0.25) is 10.1 Å². The van der Waals surface area contributed by atoms with Crippen LogP contribution in [0.15, 0.2) is 36.4 Å². The summed E-state index contributed by atoms with van der Waals surface area (Å²) in [5.41, 5.74) is 0.415. The molecular weight excluding hydrogens is 290 g/mol. The van der Waals surface area contributed by atoms with Crippen molar-refractivity contribution in [3.63, 3.8) is 0 Å². The second-order valence-corrected chi connectivity index (χ2v) is 4.42. The van der Waals surface area contributed by atoms with E-state index in [2.05, 4.69) is 5.32 Å². The van der Waals surface area contributed by atoms with E-state index in [1.54, 1.807) is 0 Å². The number of anilines is 1. The van der Waals surface area contributed by atoms with E-state index in [9.17, 15) is 18.9 Å². The molecule has 1 N–H and O–H groups in total. The molecule has 0 radical (unpaired) electrons. The van der Waals surface area contributed by atoms with Gasteiger partial charge in [0.2, 0.25) is 0 Å². The third-order valence-corrected chi connectivity index (χ3v) is 2.94. The average Bonchev–Trinajstić information content (AvgIpc) is 2.39. The lowest BCUT2D eigenvalue weighted by atomic mass is 10.2. The Morgan fingerprint density at radius 1 is 1.20 bits per heavy atom. The van der Waals surface area contributed by atoms with Crippen molar-refractivity contribution < 1.29 is 13.7 Å². The van der Waals surface area contributed by atoms with E-state index in [1.165, 1.54) is 18.2 Å². The van der Waals surface area contributed by atoms with Crippen LogP contribution in [-0.4, -0.2) is 4.92 Å². The fourth-order valence-electron chi connectivity index (χ4n) is 1.64. The van der Waals surface area contributed by atoms with Crippen molar-refractivity contribution in [1.82, 2.24) is 0 Å². The van der Waals surface area contributed by atoms with Crippen molar-refractivity contribution in [1.29, 1.82) is 0 Å². The Bertz CT molecular complexity index is 665. The van der Waals surface area contributed by atoms with Crippen LogP contribution in [0.25, 0.3) is 0 Å². The van der Waals surface area contributed by atoms with Gasteiger partial charge in [0.05, 0.1) is 4.92 Å². The van der Waals surface area contributed by atoms with Gasteiger partial charge in [-0.25, -0.2) is 8.78 Å². The number of nitrogens with zero attached hydrogens (tertiary/aromatic N) is 1. The van der Waals surface area contributed by atoms with Gasteiger partial charge in [0, 0.05) is 23.9 Å². The van der Waals surface area contributed by atoms with E-state index in [1.807, 2.05) is 0 Å². The first-order chi connectivity index (χ1) is 9.47. The van der Waals surface area contributed by atoms with Crippen molar-refractivity contribution in [3.8, 4) is 0 Å². The largest absolute Gasteiger partial charge is 0.381 e. The minimum atomic E-state index is -0.599. The fourth-order valence-corrected chi connectivity index (χ4v) is 1.89. The number of nitro groups is 1. The van der Waals surface area contributed by atoms with Crippen LogP contribution in [0.4, 0.5) is 20.2 Å². The molecule has 2 aromatic rings. The maximum absolute atomic E-state index is 13.4. The topological polar surface area (TPSA) is 55.2 Å². The first kappa shape index (κ1) is 14.2. The van der Waals surface area contributed by atoms with Crippen molar-refractivity contribution in [3.05, 3.63) is 68.7 Å². The van der Waals surface area contributed by atoms with Gasteiger partial charge in [-0.1, -0.05) is 11.6 Å². The van der Waals surface area contributed by atoms with Crippen LogP contribution in [0, 0.1) is 21.7 Å². The Morgan fingerprint density at radius 2 is 1.95 bits per heavy atom. The van der Waals surface area contributed by atoms with E-state index in [0.29, 0.717) is 5.69 Å². The molecular formula is C13H9ClF2N2O2. The molecule has 0 saturated heterocycles. The Hall–Kier alpha value is -2.21. The maximum atomic E-state index is 13.4. The predicted octanol–water partition coefficient (Wildman–Crippen LogP) is 4.14. The van der Waals surface area contributed by atoms with Gasteiger partial charge >= 0.3 is 0 Å². The lowest BCUT2D eigenvalue weighted by Crippen LogP contribution is -2.02. The summed E-state index contributed by atoms with van der Waals surface area (Å²) in [4.78, 5) is 10.0. The summed E-state index contributed by atoms with van der Waals surface area (Å²) in [5, 5.41) is 13.4. The molecule has 0 aliphatic heterocycles. The lowest BCUT2D eigenvalue weighted by Gasteiger charge is -2.08. The molecule has 2 aromatic carbocycles. The molecule has 0 aromatic heterocycles. The summed E-state index contributed by atoms with van der Waals surface area (Å²) in [6.45, 7) is 0.0394. The zero-order valence-electron chi connectivity index (χ0n) is 10.1. The highest BCUT2D eigenvalue weighted by molar-refractivity contribution is 6.32. The number of benzene rings is 2. The van der Waals surface area contributed by atoms with Gasteiger partial charge in [0.15, 0.2) is 0 Å². The number of nitrogens with one attached hydrogen (secondary N) is 1. The van der Waals surface area contributed by atoms with Crippen molar-refractivity contribution in [2.45, 2.75) is 6.54 Å². The van der Waals surface area contributed by atoms with Crippen molar-refractivity contribution in [2.75, 3.05) is 5.32 Å². The van der Waals surface area contributed by atoms with Crippen LogP contribution in [-0.2, 0) is 6.54 Å². The smallest absolute Gasteiger partial charge is 0.288 e. The number of rotatable bonds is 4. The maximum Gasteiger partial charge on any atom is 0.288 e. The third kappa shape index (κ3) is 3.21. The molecule has 4 nitrogen and oxygen atoms in total. The van der Waals surface area contributed by atoms with Gasteiger partial charge < -0.3 is 5.32 Å². The summed E-state index contributed by atoms with van der Waals surface area (Å²) in [5.74, 6) is -1.07. The number of hydrogen-bond acceptors (Lipinski definition) is 3. The second-order valence-electron chi connectivity index (χ2n) is 4.01. The number of nitro benzene ring substituents is 1. The minimum Gasteiger partial charge on any atom is -0.381 e. The molecule has 20 heavy (non-hydrogen) atoms. The highest BCUT2D eigenvalue weighted by Crippen LogP contribution is 2.27. The molecule has 0 fully saturated rings. The summed E-state index contributed by atoms with van der Waals surface area (Å²) in [6.07, 6.45) is 0. The molecule has 104 valence electrons. The van der Waals surface area contributed by atoms with Crippen LogP contribution in [0.3, 0.4) is 0 Å². The Kier molecular flexibility index (Phi) is 4.14. The second kappa shape index (κ2) is 5.83.